The van der Waals surface area contributed by atoms with Crippen LogP contribution in [0.3, 0.4) is 0 Å². The zero-order valence-electron chi connectivity index (χ0n) is 13.8. The van der Waals surface area contributed by atoms with Gasteiger partial charge >= 0.3 is 0 Å². The number of aromatic nitrogens is 3. The number of carbonyl (C=O) groups is 1. The van der Waals surface area contributed by atoms with Crippen molar-refractivity contribution in [2.75, 3.05) is 0 Å². The predicted octanol–water partition coefficient (Wildman–Crippen LogP) is 3.23. The van der Waals surface area contributed by atoms with Crippen molar-refractivity contribution in [2.45, 2.75) is 33.2 Å². The number of hydrogen-bond donors (Lipinski definition) is 1. The van der Waals surface area contributed by atoms with E-state index in [2.05, 4.69) is 15.4 Å². The second-order valence-corrected chi connectivity index (χ2v) is 6.65. The summed E-state index contributed by atoms with van der Waals surface area (Å²) in [5, 5.41) is 7.51. The average molecular weight is 308 g/mol. The number of benzene rings is 1. The quantitative estimate of drug-likeness (QED) is 0.790. The molecule has 1 amide bonds. The van der Waals surface area contributed by atoms with Crippen LogP contribution in [0.5, 0.6) is 0 Å². The Morgan fingerprint density at radius 2 is 1.83 bits per heavy atom. The van der Waals surface area contributed by atoms with Crippen LogP contribution >= 0.6 is 0 Å². The molecule has 0 saturated heterocycles. The minimum absolute atomic E-state index is 0.175. The van der Waals surface area contributed by atoms with Crippen LogP contribution in [0.4, 0.5) is 0 Å². The molecule has 0 unspecified atom stereocenters. The summed E-state index contributed by atoms with van der Waals surface area (Å²) in [6.07, 6.45) is 0. The number of nitrogens with zero attached hydrogens (tertiary/aromatic N) is 3. The molecule has 5 nitrogen and oxygen atoms in total. The summed E-state index contributed by atoms with van der Waals surface area (Å²) in [5.74, 6) is -0.175. The number of amides is 1. The monoisotopic (exact) mass is 308 g/mol. The lowest BCUT2D eigenvalue weighted by Gasteiger charge is -2.20. The highest BCUT2D eigenvalue weighted by Gasteiger charge is 2.18. The summed E-state index contributed by atoms with van der Waals surface area (Å²) in [6.45, 7) is 7.76. The third kappa shape index (κ3) is 3.23. The zero-order chi connectivity index (χ0) is 16.6. The summed E-state index contributed by atoms with van der Waals surface area (Å²) in [4.78, 5) is 16.8. The fraction of sp³-hybridized carbons (Fsp3) is 0.278. The van der Waals surface area contributed by atoms with Crippen molar-refractivity contribution < 1.29 is 4.79 Å². The molecule has 0 atom stereocenters. The molecule has 0 spiro atoms. The molecule has 2 aromatic heterocycles. The lowest BCUT2D eigenvalue weighted by Crippen LogP contribution is -2.41. The Morgan fingerprint density at radius 1 is 1.13 bits per heavy atom. The van der Waals surface area contributed by atoms with Gasteiger partial charge in [-0.2, -0.15) is 5.10 Å². The van der Waals surface area contributed by atoms with E-state index in [1.807, 2.05) is 64.1 Å². The van der Waals surface area contributed by atoms with Gasteiger partial charge < -0.3 is 5.32 Å². The van der Waals surface area contributed by atoms with Crippen LogP contribution in [-0.4, -0.2) is 26.0 Å². The summed E-state index contributed by atoms with van der Waals surface area (Å²) in [5.41, 5.74) is 3.52. The molecule has 3 aromatic rings. The molecule has 5 heteroatoms. The largest absolute Gasteiger partial charge is 0.346 e. The van der Waals surface area contributed by atoms with E-state index in [-0.39, 0.29) is 11.4 Å². The van der Waals surface area contributed by atoms with Gasteiger partial charge in [0.1, 0.15) is 5.69 Å². The second kappa shape index (κ2) is 5.50. The van der Waals surface area contributed by atoms with E-state index in [0.29, 0.717) is 11.3 Å². The Hall–Kier alpha value is -2.69. The van der Waals surface area contributed by atoms with Crippen LogP contribution in [0.2, 0.25) is 0 Å². The van der Waals surface area contributed by atoms with E-state index >= 15 is 0 Å². The van der Waals surface area contributed by atoms with E-state index in [9.17, 15) is 4.79 Å². The first-order chi connectivity index (χ1) is 10.8. The number of nitrogens with one attached hydrogen (secondary N) is 1. The average Bonchev–Trinajstić information content (AvgIpc) is 2.91. The molecule has 0 fully saturated rings. The molecule has 0 bridgehead atoms. The Balaban J connectivity index is 2.03. The maximum atomic E-state index is 12.3. The molecule has 0 saturated carbocycles. The van der Waals surface area contributed by atoms with Gasteiger partial charge in [-0.3, -0.25) is 4.79 Å². The van der Waals surface area contributed by atoms with Crippen molar-refractivity contribution in [3.05, 3.63) is 53.9 Å². The molecule has 1 aromatic carbocycles. The topological polar surface area (TPSA) is 59.3 Å². The fourth-order valence-electron chi connectivity index (χ4n) is 2.40. The van der Waals surface area contributed by atoms with Gasteiger partial charge in [-0.25, -0.2) is 9.50 Å². The summed E-state index contributed by atoms with van der Waals surface area (Å²) >= 11 is 0. The van der Waals surface area contributed by atoms with Crippen LogP contribution in [0.15, 0.2) is 42.5 Å². The van der Waals surface area contributed by atoms with Gasteiger partial charge in [-0.1, -0.05) is 30.3 Å². The first kappa shape index (κ1) is 15.2. The van der Waals surface area contributed by atoms with Crippen molar-refractivity contribution in [3.8, 4) is 11.3 Å². The maximum Gasteiger partial charge on any atom is 0.270 e. The van der Waals surface area contributed by atoms with Crippen molar-refractivity contribution in [1.82, 2.24) is 19.9 Å². The maximum absolute atomic E-state index is 12.3. The highest BCUT2D eigenvalue weighted by Crippen LogP contribution is 2.20. The van der Waals surface area contributed by atoms with Gasteiger partial charge in [-0.05, 0) is 33.8 Å². The molecular weight excluding hydrogens is 288 g/mol. The third-order valence-corrected chi connectivity index (χ3v) is 3.40. The van der Waals surface area contributed by atoms with E-state index < -0.39 is 0 Å². The molecular formula is C18H20N4O. The number of aryl methyl sites for hydroxylation is 1. The van der Waals surface area contributed by atoms with Crippen LogP contribution < -0.4 is 5.32 Å². The lowest BCUT2D eigenvalue weighted by molar-refractivity contribution is 0.0914. The van der Waals surface area contributed by atoms with Crippen molar-refractivity contribution >= 4 is 11.6 Å². The van der Waals surface area contributed by atoms with Crippen LogP contribution in [0.25, 0.3) is 16.9 Å². The number of carbonyl (C=O) groups excluding carboxylic acids is 1. The molecule has 118 valence electrons. The smallest absolute Gasteiger partial charge is 0.270 e. The fourth-order valence-corrected chi connectivity index (χ4v) is 2.40. The second-order valence-electron chi connectivity index (χ2n) is 6.65. The number of rotatable bonds is 2. The van der Waals surface area contributed by atoms with E-state index in [1.54, 1.807) is 10.6 Å². The van der Waals surface area contributed by atoms with Gasteiger partial charge in [-0.15, -0.1) is 0 Å². The van der Waals surface area contributed by atoms with E-state index in [1.165, 1.54) is 0 Å². The van der Waals surface area contributed by atoms with E-state index in [0.717, 1.165) is 17.0 Å². The molecule has 1 N–H and O–H groups in total. The van der Waals surface area contributed by atoms with Crippen molar-refractivity contribution in [3.63, 3.8) is 0 Å². The standard InChI is InChI=1S/C18H20N4O/c1-12-10-15(17(23)20-18(2,3)4)19-16-11-14(21-22(12)16)13-8-6-5-7-9-13/h5-11H,1-4H3,(H,20,23). The van der Waals surface area contributed by atoms with Crippen LogP contribution in [0.1, 0.15) is 37.0 Å². The SMILES string of the molecule is Cc1cc(C(=O)NC(C)(C)C)nc2cc(-c3ccccc3)nn12. The molecule has 0 aliphatic carbocycles. The lowest BCUT2D eigenvalue weighted by atomic mass is 10.1. The summed E-state index contributed by atoms with van der Waals surface area (Å²) < 4.78 is 1.76. The molecule has 3 rings (SSSR count). The molecule has 2 heterocycles. The normalized spacial score (nSPS) is 11.7. The van der Waals surface area contributed by atoms with E-state index in [4.69, 9.17) is 0 Å². The van der Waals surface area contributed by atoms with Gasteiger partial charge in [0.05, 0.1) is 5.69 Å². The zero-order valence-corrected chi connectivity index (χ0v) is 13.8. The van der Waals surface area contributed by atoms with Gasteiger partial charge in [0.2, 0.25) is 0 Å². The third-order valence-electron chi connectivity index (χ3n) is 3.40. The molecule has 0 aliphatic heterocycles. The predicted molar refractivity (Wildman–Crippen MR) is 90.4 cm³/mol. The van der Waals surface area contributed by atoms with Gasteiger partial charge in [0, 0.05) is 22.9 Å². The molecule has 0 aliphatic rings. The molecule has 23 heavy (non-hydrogen) atoms. The Morgan fingerprint density at radius 3 is 2.48 bits per heavy atom. The van der Waals surface area contributed by atoms with Gasteiger partial charge in [0.15, 0.2) is 5.65 Å². The Kier molecular flexibility index (Phi) is 3.64. The number of fused-ring (bicyclic) bond motifs is 1. The highest BCUT2D eigenvalue weighted by atomic mass is 16.2. The minimum Gasteiger partial charge on any atom is -0.346 e. The first-order valence-corrected chi connectivity index (χ1v) is 7.59. The Labute approximate surface area is 135 Å². The Bertz CT molecular complexity index is 860. The molecule has 0 radical (unpaired) electrons. The summed E-state index contributed by atoms with van der Waals surface area (Å²) in [7, 11) is 0. The van der Waals surface area contributed by atoms with Crippen LogP contribution in [0, 0.1) is 6.92 Å². The van der Waals surface area contributed by atoms with Crippen molar-refractivity contribution in [2.24, 2.45) is 0 Å². The van der Waals surface area contributed by atoms with Crippen LogP contribution in [-0.2, 0) is 0 Å². The minimum atomic E-state index is -0.297. The highest BCUT2D eigenvalue weighted by molar-refractivity contribution is 5.93. The number of hydrogen-bond acceptors (Lipinski definition) is 3. The van der Waals surface area contributed by atoms with Crippen molar-refractivity contribution in [1.29, 1.82) is 0 Å². The summed E-state index contributed by atoms with van der Waals surface area (Å²) in [6, 6.07) is 13.6. The first-order valence-electron chi connectivity index (χ1n) is 7.59. The van der Waals surface area contributed by atoms with Gasteiger partial charge in [0.25, 0.3) is 5.91 Å².